The van der Waals surface area contributed by atoms with E-state index in [9.17, 15) is 0 Å². The molecule has 2 aromatic rings. The van der Waals surface area contributed by atoms with Crippen LogP contribution < -0.4 is 4.90 Å². The van der Waals surface area contributed by atoms with Crippen LogP contribution in [0.15, 0.2) is 18.7 Å². The Labute approximate surface area is 138 Å². The molecule has 0 aliphatic carbocycles. The van der Waals surface area contributed by atoms with Gasteiger partial charge in [-0.15, -0.1) is 0 Å². The van der Waals surface area contributed by atoms with E-state index in [1.54, 1.807) is 6.33 Å². The molecule has 0 fully saturated rings. The van der Waals surface area contributed by atoms with Crippen LogP contribution in [-0.4, -0.2) is 48.1 Å². The van der Waals surface area contributed by atoms with Gasteiger partial charge in [-0.3, -0.25) is 5.10 Å². The number of H-pyrrole nitrogens is 1. The van der Waals surface area contributed by atoms with Gasteiger partial charge in [0.1, 0.15) is 18.9 Å². The van der Waals surface area contributed by atoms with Crippen LogP contribution in [0.2, 0.25) is 25.7 Å². The molecule has 0 saturated heterocycles. The zero-order valence-corrected chi connectivity index (χ0v) is 15.3. The van der Waals surface area contributed by atoms with Crippen LogP contribution in [0.1, 0.15) is 18.4 Å². The van der Waals surface area contributed by atoms with Crippen molar-refractivity contribution in [2.24, 2.45) is 0 Å². The monoisotopic (exact) mass is 331 g/mol. The molecule has 1 atom stereocenters. The maximum atomic E-state index is 5.91. The molecule has 0 aromatic carbocycles. The number of nitrogens with zero attached hydrogens (tertiary/aromatic N) is 4. The molecule has 3 rings (SSSR count). The first kappa shape index (κ1) is 16.1. The van der Waals surface area contributed by atoms with Crippen LogP contribution >= 0.6 is 0 Å². The Hall–Kier alpha value is -1.73. The number of fused-ring (bicyclic) bond motifs is 1. The van der Waals surface area contributed by atoms with Crippen LogP contribution in [0.5, 0.6) is 0 Å². The largest absolute Gasteiger partial charge is 0.361 e. The molecule has 1 aliphatic heterocycles. The smallest absolute Gasteiger partial charge is 0.137 e. The normalized spacial score (nSPS) is 17.6. The van der Waals surface area contributed by atoms with E-state index in [2.05, 4.69) is 51.6 Å². The van der Waals surface area contributed by atoms with Crippen molar-refractivity contribution in [3.05, 3.63) is 24.3 Å². The van der Waals surface area contributed by atoms with Crippen molar-refractivity contribution in [2.75, 3.05) is 24.8 Å². The topological polar surface area (TPSA) is 66.9 Å². The highest BCUT2D eigenvalue weighted by Crippen LogP contribution is 2.39. The van der Waals surface area contributed by atoms with Gasteiger partial charge in [-0.05, 0) is 6.04 Å². The SMILES string of the molecule is CC1CN(COCC[Si](C)(C)C)c2ncnc(-c3cn[nH]c3)c21. The fraction of sp³-hybridized carbons (Fsp3) is 0.562. The molecule has 2 aromatic heterocycles. The molecule has 0 radical (unpaired) electrons. The minimum Gasteiger partial charge on any atom is -0.361 e. The van der Waals surface area contributed by atoms with Crippen LogP contribution in [-0.2, 0) is 4.74 Å². The second kappa shape index (κ2) is 6.41. The third-order valence-corrected chi connectivity index (χ3v) is 5.87. The highest BCUT2D eigenvalue weighted by molar-refractivity contribution is 6.76. The third-order valence-electron chi connectivity index (χ3n) is 4.16. The molecule has 124 valence electrons. The molecule has 6 nitrogen and oxygen atoms in total. The summed E-state index contributed by atoms with van der Waals surface area (Å²) in [5.74, 6) is 1.38. The van der Waals surface area contributed by atoms with Gasteiger partial charge in [-0.2, -0.15) is 5.10 Å². The summed E-state index contributed by atoms with van der Waals surface area (Å²) < 4.78 is 5.91. The number of anilines is 1. The van der Waals surface area contributed by atoms with Crippen molar-refractivity contribution in [2.45, 2.75) is 38.5 Å². The van der Waals surface area contributed by atoms with Gasteiger partial charge in [-0.25, -0.2) is 9.97 Å². The minimum atomic E-state index is -1.04. The van der Waals surface area contributed by atoms with Crippen molar-refractivity contribution >= 4 is 13.9 Å². The van der Waals surface area contributed by atoms with Crippen LogP contribution in [0.4, 0.5) is 5.82 Å². The number of ether oxygens (including phenoxy) is 1. The number of hydrogen-bond acceptors (Lipinski definition) is 5. The first-order chi connectivity index (χ1) is 11.0. The summed E-state index contributed by atoms with van der Waals surface area (Å²) in [6.45, 7) is 11.7. The number of aromatic nitrogens is 4. The first-order valence-corrected chi connectivity index (χ1v) is 11.8. The van der Waals surface area contributed by atoms with Gasteiger partial charge in [0, 0.05) is 44.5 Å². The van der Waals surface area contributed by atoms with Gasteiger partial charge in [0.05, 0.1) is 11.9 Å². The first-order valence-electron chi connectivity index (χ1n) is 8.12. The molecule has 0 spiro atoms. The Morgan fingerprint density at radius 2 is 2.17 bits per heavy atom. The third kappa shape index (κ3) is 3.61. The molecular formula is C16H25N5OSi. The maximum absolute atomic E-state index is 5.91. The molecule has 0 amide bonds. The summed E-state index contributed by atoms with van der Waals surface area (Å²) in [4.78, 5) is 11.2. The van der Waals surface area contributed by atoms with E-state index < -0.39 is 8.07 Å². The average Bonchev–Trinajstić information content (AvgIpc) is 3.11. The van der Waals surface area contributed by atoms with E-state index in [1.165, 1.54) is 11.6 Å². The summed E-state index contributed by atoms with van der Waals surface area (Å²) in [7, 11) is -1.04. The Morgan fingerprint density at radius 3 is 2.87 bits per heavy atom. The summed E-state index contributed by atoms with van der Waals surface area (Å²) >= 11 is 0. The average molecular weight is 331 g/mol. The lowest BCUT2D eigenvalue weighted by molar-refractivity contribution is 0.147. The van der Waals surface area contributed by atoms with Crippen LogP contribution in [0.25, 0.3) is 11.3 Å². The molecular weight excluding hydrogens is 306 g/mol. The molecule has 23 heavy (non-hydrogen) atoms. The molecule has 1 aliphatic rings. The van der Waals surface area contributed by atoms with Gasteiger partial charge in [-0.1, -0.05) is 26.6 Å². The number of hydrogen-bond donors (Lipinski definition) is 1. The number of aromatic amines is 1. The predicted octanol–water partition coefficient (Wildman–Crippen LogP) is 3.10. The Kier molecular flexibility index (Phi) is 4.50. The van der Waals surface area contributed by atoms with Crippen molar-refractivity contribution in [3.63, 3.8) is 0 Å². The quantitative estimate of drug-likeness (QED) is 0.651. The molecule has 1 unspecified atom stereocenters. The predicted molar refractivity (Wildman–Crippen MR) is 94.3 cm³/mol. The second-order valence-corrected chi connectivity index (χ2v) is 13.0. The van der Waals surface area contributed by atoms with E-state index in [-0.39, 0.29) is 0 Å². The van der Waals surface area contributed by atoms with Crippen LogP contribution in [0.3, 0.4) is 0 Å². The Morgan fingerprint density at radius 1 is 1.35 bits per heavy atom. The summed E-state index contributed by atoms with van der Waals surface area (Å²) in [6, 6.07) is 1.19. The number of nitrogens with one attached hydrogen (secondary N) is 1. The highest BCUT2D eigenvalue weighted by Gasteiger charge is 2.30. The second-order valence-electron chi connectivity index (χ2n) is 7.42. The lowest BCUT2D eigenvalue weighted by Crippen LogP contribution is -2.28. The zero-order valence-electron chi connectivity index (χ0n) is 14.3. The van der Waals surface area contributed by atoms with Gasteiger partial charge in [0.2, 0.25) is 0 Å². The summed E-state index contributed by atoms with van der Waals surface area (Å²) in [6.07, 6.45) is 5.32. The molecule has 0 saturated carbocycles. The van der Waals surface area contributed by atoms with E-state index in [0.29, 0.717) is 12.6 Å². The van der Waals surface area contributed by atoms with E-state index in [4.69, 9.17) is 4.74 Å². The Bertz CT molecular complexity index is 653. The van der Waals surface area contributed by atoms with E-state index >= 15 is 0 Å². The molecule has 7 heteroatoms. The lowest BCUT2D eigenvalue weighted by Gasteiger charge is -2.20. The van der Waals surface area contributed by atoms with E-state index in [1.807, 2.05) is 12.4 Å². The fourth-order valence-electron chi connectivity index (χ4n) is 2.88. The number of rotatable bonds is 6. The van der Waals surface area contributed by atoms with Crippen LogP contribution in [0, 0.1) is 0 Å². The van der Waals surface area contributed by atoms with Gasteiger partial charge < -0.3 is 9.64 Å². The highest BCUT2D eigenvalue weighted by atomic mass is 28.3. The van der Waals surface area contributed by atoms with Gasteiger partial charge in [0.15, 0.2) is 0 Å². The van der Waals surface area contributed by atoms with Crippen molar-refractivity contribution in [1.29, 1.82) is 0 Å². The van der Waals surface area contributed by atoms with E-state index in [0.717, 1.165) is 30.2 Å². The molecule has 0 bridgehead atoms. The Balaban J connectivity index is 1.73. The zero-order chi connectivity index (χ0) is 16.4. The van der Waals surface area contributed by atoms with Gasteiger partial charge >= 0.3 is 0 Å². The fourth-order valence-corrected chi connectivity index (χ4v) is 3.63. The molecule has 1 N–H and O–H groups in total. The summed E-state index contributed by atoms with van der Waals surface area (Å²) in [5.41, 5.74) is 3.18. The summed E-state index contributed by atoms with van der Waals surface area (Å²) in [5, 5.41) is 6.89. The standard InChI is InChI=1S/C16H25N5OSi/c1-12-9-21(11-22-5-6-23(2,3)4)16-14(12)15(17-10-18-16)13-7-19-20-8-13/h7-8,10,12H,5-6,9,11H2,1-4H3,(H,19,20). The maximum Gasteiger partial charge on any atom is 0.137 e. The van der Waals surface area contributed by atoms with Gasteiger partial charge in [0.25, 0.3) is 0 Å². The lowest BCUT2D eigenvalue weighted by atomic mass is 10.0. The van der Waals surface area contributed by atoms with Crippen molar-refractivity contribution < 1.29 is 4.74 Å². The van der Waals surface area contributed by atoms with Crippen molar-refractivity contribution in [3.8, 4) is 11.3 Å². The van der Waals surface area contributed by atoms with Crippen molar-refractivity contribution in [1.82, 2.24) is 20.2 Å². The molecule has 3 heterocycles. The minimum absolute atomic E-state index is 0.386.